The van der Waals surface area contributed by atoms with Crippen molar-refractivity contribution in [2.45, 2.75) is 50.7 Å². The van der Waals surface area contributed by atoms with Gasteiger partial charge >= 0.3 is 5.97 Å². The lowest BCUT2D eigenvalue weighted by molar-refractivity contribution is -0.137. The van der Waals surface area contributed by atoms with Gasteiger partial charge in [0.25, 0.3) is 0 Å². The number of nitrogens with two attached hydrogens (primary N) is 1. The standard InChI is InChI=1S/C13H27N4O6P/c1-4-5-9(16-10(18)7-15-3)13(21)17-11(6-12(19)20)24(22,23)8(2)14/h8-9,11,15H,4-7,14H2,1-3H3,(H,16,18)(H,17,21)(H,19,20)(H,22,23)/t8?,9-,11?/m0/s1. The van der Waals surface area contributed by atoms with Gasteiger partial charge in [0.05, 0.1) is 18.7 Å². The fourth-order valence-corrected chi connectivity index (χ4v) is 3.25. The highest BCUT2D eigenvalue weighted by Gasteiger charge is 2.38. The van der Waals surface area contributed by atoms with E-state index in [0.717, 1.165) is 0 Å². The van der Waals surface area contributed by atoms with Crippen LogP contribution in [0.2, 0.25) is 0 Å². The summed E-state index contributed by atoms with van der Waals surface area (Å²) in [7, 11) is -2.58. The number of aliphatic carboxylic acids is 1. The molecule has 2 amide bonds. The summed E-state index contributed by atoms with van der Waals surface area (Å²) in [6.07, 6.45) is 0.130. The summed E-state index contributed by atoms with van der Waals surface area (Å²) in [5.74, 6) is -5.21. The molecule has 0 saturated heterocycles. The lowest BCUT2D eigenvalue weighted by Crippen LogP contribution is -2.51. The molecule has 0 aliphatic rings. The average Bonchev–Trinajstić information content (AvgIpc) is 2.45. The maximum absolute atomic E-state index is 12.3. The molecule has 10 nitrogen and oxygen atoms in total. The van der Waals surface area contributed by atoms with Gasteiger partial charge in [0.1, 0.15) is 11.8 Å². The summed E-state index contributed by atoms with van der Waals surface area (Å²) in [4.78, 5) is 44.9. The first kappa shape index (κ1) is 22.5. The predicted molar refractivity (Wildman–Crippen MR) is 88.4 cm³/mol. The van der Waals surface area contributed by atoms with Gasteiger partial charge in [0.2, 0.25) is 19.2 Å². The second kappa shape index (κ2) is 10.4. The molecule has 0 rings (SSSR count). The molecule has 4 atom stereocenters. The zero-order valence-corrected chi connectivity index (χ0v) is 15.0. The van der Waals surface area contributed by atoms with E-state index in [-0.39, 0.29) is 6.54 Å². The summed E-state index contributed by atoms with van der Waals surface area (Å²) in [6.45, 7) is 3.07. The quantitative estimate of drug-likeness (QED) is 0.252. The molecule has 0 aromatic heterocycles. The van der Waals surface area contributed by atoms with Crippen LogP contribution in [0.15, 0.2) is 0 Å². The highest BCUT2D eigenvalue weighted by atomic mass is 31.2. The summed E-state index contributed by atoms with van der Waals surface area (Å²) in [6, 6.07) is -0.930. The Morgan fingerprint density at radius 3 is 2.25 bits per heavy atom. The summed E-state index contributed by atoms with van der Waals surface area (Å²) in [5, 5.41) is 16.3. The van der Waals surface area contributed by atoms with E-state index in [1.54, 1.807) is 14.0 Å². The van der Waals surface area contributed by atoms with Crippen LogP contribution in [0.25, 0.3) is 0 Å². The van der Waals surface area contributed by atoms with Gasteiger partial charge in [-0.15, -0.1) is 0 Å². The first-order chi connectivity index (χ1) is 11.1. The molecule has 0 aromatic carbocycles. The van der Waals surface area contributed by atoms with E-state index in [1.807, 2.05) is 0 Å². The van der Waals surface area contributed by atoms with E-state index >= 15 is 0 Å². The lowest BCUT2D eigenvalue weighted by Gasteiger charge is -2.27. The van der Waals surface area contributed by atoms with Gasteiger partial charge in [-0.3, -0.25) is 18.9 Å². The van der Waals surface area contributed by atoms with Crippen molar-refractivity contribution in [3.8, 4) is 0 Å². The number of carboxylic acid groups (broad SMARTS) is 1. The van der Waals surface area contributed by atoms with Crippen LogP contribution in [0.4, 0.5) is 0 Å². The van der Waals surface area contributed by atoms with Crippen LogP contribution >= 0.6 is 7.37 Å². The second-order valence-corrected chi connectivity index (χ2v) is 8.26. The van der Waals surface area contributed by atoms with Crippen molar-refractivity contribution in [3.63, 3.8) is 0 Å². The smallest absolute Gasteiger partial charge is 0.306 e. The lowest BCUT2D eigenvalue weighted by atomic mass is 10.1. The number of amides is 2. The Morgan fingerprint density at radius 2 is 1.83 bits per heavy atom. The zero-order chi connectivity index (χ0) is 18.9. The van der Waals surface area contributed by atoms with Crippen molar-refractivity contribution in [1.82, 2.24) is 16.0 Å². The van der Waals surface area contributed by atoms with Crippen molar-refractivity contribution in [2.24, 2.45) is 5.73 Å². The first-order valence-corrected chi connectivity index (χ1v) is 9.39. The average molecular weight is 366 g/mol. The SMILES string of the molecule is CCC[C@H](NC(=O)CNC)C(=O)NC(CC(=O)O)P(=O)(O)C(C)N. The van der Waals surface area contributed by atoms with Crippen molar-refractivity contribution in [1.29, 1.82) is 0 Å². The Hall–Kier alpha value is -1.48. The number of rotatable bonds is 11. The van der Waals surface area contributed by atoms with Gasteiger partial charge in [0.15, 0.2) is 0 Å². The Bertz CT molecular complexity index is 499. The molecule has 0 fully saturated rings. The van der Waals surface area contributed by atoms with Crippen molar-refractivity contribution >= 4 is 25.2 Å². The fourth-order valence-electron chi connectivity index (χ4n) is 1.95. The number of carboxylic acids is 1. The van der Waals surface area contributed by atoms with Gasteiger partial charge < -0.3 is 31.7 Å². The zero-order valence-electron chi connectivity index (χ0n) is 14.1. The fraction of sp³-hybridized carbons (Fsp3) is 0.769. The molecule has 0 aromatic rings. The van der Waals surface area contributed by atoms with Crippen LogP contribution in [-0.2, 0) is 18.9 Å². The molecule has 0 aliphatic heterocycles. The number of carbonyl (C=O) groups excluding carboxylic acids is 2. The molecule has 0 saturated carbocycles. The van der Waals surface area contributed by atoms with E-state index in [1.165, 1.54) is 6.92 Å². The predicted octanol–water partition coefficient (Wildman–Crippen LogP) is -1.02. The summed E-state index contributed by atoms with van der Waals surface area (Å²) >= 11 is 0. The van der Waals surface area contributed by atoms with Crippen molar-refractivity contribution < 1.29 is 28.9 Å². The van der Waals surface area contributed by atoms with E-state index < -0.39 is 49.2 Å². The Kier molecular flexibility index (Phi) is 9.76. The van der Waals surface area contributed by atoms with E-state index in [0.29, 0.717) is 12.8 Å². The third-order valence-electron chi connectivity index (χ3n) is 3.27. The monoisotopic (exact) mass is 366 g/mol. The molecular formula is C13H27N4O6P. The van der Waals surface area contributed by atoms with E-state index in [2.05, 4.69) is 16.0 Å². The molecule has 0 bridgehead atoms. The van der Waals surface area contributed by atoms with Crippen LogP contribution in [-0.4, -0.2) is 59.0 Å². The Balaban J connectivity index is 5.20. The van der Waals surface area contributed by atoms with Crippen LogP contribution in [0, 0.1) is 0 Å². The molecule has 24 heavy (non-hydrogen) atoms. The van der Waals surface area contributed by atoms with Crippen LogP contribution in [0.5, 0.6) is 0 Å². The minimum absolute atomic E-state index is 0.00434. The van der Waals surface area contributed by atoms with Gasteiger partial charge in [-0.2, -0.15) is 0 Å². The van der Waals surface area contributed by atoms with Gasteiger partial charge in [-0.05, 0) is 20.4 Å². The summed E-state index contributed by atoms with van der Waals surface area (Å²) in [5.41, 5.74) is 5.44. The third-order valence-corrected chi connectivity index (χ3v) is 5.65. The van der Waals surface area contributed by atoms with Gasteiger partial charge in [-0.25, -0.2) is 0 Å². The summed E-state index contributed by atoms with van der Waals surface area (Å²) < 4.78 is 12.2. The highest BCUT2D eigenvalue weighted by Crippen LogP contribution is 2.49. The van der Waals surface area contributed by atoms with Crippen molar-refractivity contribution in [2.75, 3.05) is 13.6 Å². The Morgan fingerprint density at radius 1 is 1.25 bits per heavy atom. The molecule has 3 unspecified atom stereocenters. The third kappa shape index (κ3) is 7.39. The maximum atomic E-state index is 12.3. The van der Waals surface area contributed by atoms with Crippen LogP contribution in [0.3, 0.4) is 0 Å². The molecule has 0 radical (unpaired) electrons. The minimum atomic E-state index is -4.15. The maximum Gasteiger partial charge on any atom is 0.306 e. The topological polar surface area (TPSA) is 171 Å². The van der Waals surface area contributed by atoms with Crippen LogP contribution < -0.4 is 21.7 Å². The van der Waals surface area contributed by atoms with E-state index in [9.17, 15) is 23.8 Å². The Labute approximate surface area is 141 Å². The first-order valence-electron chi connectivity index (χ1n) is 7.60. The van der Waals surface area contributed by atoms with Gasteiger partial charge in [0, 0.05) is 0 Å². The van der Waals surface area contributed by atoms with Gasteiger partial charge in [-0.1, -0.05) is 13.3 Å². The molecule has 0 aliphatic carbocycles. The molecular weight excluding hydrogens is 339 g/mol. The van der Waals surface area contributed by atoms with E-state index in [4.69, 9.17) is 10.8 Å². The normalized spacial score (nSPS) is 17.2. The second-order valence-electron chi connectivity index (χ2n) is 5.47. The minimum Gasteiger partial charge on any atom is -0.481 e. The molecule has 140 valence electrons. The number of likely N-dealkylation sites (N-methyl/N-ethyl adjacent to an activating group) is 1. The largest absolute Gasteiger partial charge is 0.481 e. The molecule has 0 heterocycles. The van der Waals surface area contributed by atoms with Crippen LogP contribution in [0.1, 0.15) is 33.1 Å². The number of hydrogen-bond donors (Lipinski definition) is 6. The molecule has 0 spiro atoms. The number of hydrogen-bond acceptors (Lipinski definition) is 6. The highest BCUT2D eigenvalue weighted by molar-refractivity contribution is 7.59. The number of nitrogens with one attached hydrogen (secondary N) is 3. The van der Waals surface area contributed by atoms with Crippen molar-refractivity contribution in [3.05, 3.63) is 0 Å². The molecule has 7 N–H and O–H groups in total. The molecule has 11 heteroatoms. The number of carbonyl (C=O) groups is 3.